The van der Waals surface area contributed by atoms with Gasteiger partial charge in [0.25, 0.3) is 5.91 Å². The Kier molecular flexibility index (Phi) is 5.98. The summed E-state index contributed by atoms with van der Waals surface area (Å²) in [6, 6.07) is 13.9. The summed E-state index contributed by atoms with van der Waals surface area (Å²) in [4.78, 5) is 23.4. The maximum atomic E-state index is 11.7. The second-order valence-electron chi connectivity index (χ2n) is 4.49. The van der Waals surface area contributed by atoms with Crippen molar-refractivity contribution >= 4 is 39.4 Å². The molecule has 0 heterocycles. The molecule has 0 aromatic heterocycles. The molecule has 0 saturated carbocycles. The van der Waals surface area contributed by atoms with Crippen molar-refractivity contribution < 1.29 is 14.3 Å². The molecule has 4 nitrogen and oxygen atoms in total. The lowest BCUT2D eigenvalue weighted by molar-refractivity contribution is -0.124. The predicted molar refractivity (Wildman–Crippen MR) is 87.7 cm³/mol. The number of halogens is 2. The first-order chi connectivity index (χ1) is 10.5. The zero-order valence-corrected chi connectivity index (χ0v) is 13.9. The Morgan fingerprint density at radius 1 is 1.14 bits per heavy atom. The second-order valence-corrected chi connectivity index (χ2v) is 5.84. The van der Waals surface area contributed by atoms with Crippen molar-refractivity contribution in [3.63, 3.8) is 0 Å². The van der Waals surface area contributed by atoms with Gasteiger partial charge >= 0.3 is 5.97 Å². The van der Waals surface area contributed by atoms with E-state index in [2.05, 4.69) is 21.2 Å². The average molecular weight is 383 g/mol. The van der Waals surface area contributed by atoms with Crippen molar-refractivity contribution in [1.29, 1.82) is 0 Å². The lowest BCUT2D eigenvalue weighted by Gasteiger charge is -2.07. The Bertz CT molecular complexity index is 673. The lowest BCUT2D eigenvalue weighted by Crippen LogP contribution is -2.28. The zero-order valence-electron chi connectivity index (χ0n) is 11.5. The van der Waals surface area contributed by atoms with E-state index in [0.29, 0.717) is 17.1 Å². The van der Waals surface area contributed by atoms with Crippen LogP contribution in [0.2, 0.25) is 5.02 Å². The molecule has 0 saturated heterocycles. The molecule has 0 aliphatic rings. The SMILES string of the molecule is O=C(COC(=O)c1cccc(Cl)c1)NCc1ccc(Br)cc1. The Morgan fingerprint density at radius 3 is 2.55 bits per heavy atom. The van der Waals surface area contributed by atoms with Crippen LogP contribution in [0.5, 0.6) is 0 Å². The summed E-state index contributed by atoms with van der Waals surface area (Å²) in [6.45, 7) is 0.0443. The first-order valence-electron chi connectivity index (χ1n) is 6.48. The fourth-order valence-corrected chi connectivity index (χ4v) is 2.14. The highest BCUT2D eigenvalue weighted by molar-refractivity contribution is 9.10. The Balaban J connectivity index is 1.78. The van der Waals surface area contributed by atoms with E-state index >= 15 is 0 Å². The van der Waals surface area contributed by atoms with Crippen LogP contribution in [0.3, 0.4) is 0 Å². The number of carbonyl (C=O) groups excluding carboxylic acids is 2. The van der Waals surface area contributed by atoms with Crippen molar-refractivity contribution in [3.05, 3.63) is 69.2 Å². The van der Waals surface area contributed by atoms with Gasteiger partial charge < -0.3 is 10.1 Å². The third-order valence-corrected chi connectivity index (χ3v) is 3.56. The lowest BCUT2D eigenvalue weighted by atomic mass is 10.2. The van der Waals surface area contributed by atoms with Gasteiger partial charge in [-0.05, 0) is 35.9 Å². The monoisotopic (exact) mass is 381 g/mol. The normalized spacial score (nSPS) is 10.1. The topological polar surface area (TPSA) is 55.4 Å². The van der Waals surface area contributed by atoms with Gasteiger partial charge in [-0.15, -0.1) is 0 Å². The molecule has 22 heavy (non-hydrogen) atoms. The molecule has 0 aliphatic carbocycles. The van der Waals surface area contributed by atoms with E-state index in [9.17, 15) is 9.59 Å². The van der Waals surface area contributed by atoms with Crippen LogP contribution in [0.15, 0.2) is 53.0 Å². The van der Waals surface area contributed by atoms with E-state index in [-0.39, 0.29) is 12.5 Å². The molecule has 2 aromatic rings. The number of hydrogen-bond donors (Lipinski definition) is 1. The average Bonchev–Trinajstić information content (AvgIpc) is 2.52. The third-order valence-electron chi connectivity index (χ3n) is 2.80. The molecule has 114 valence electrons. The van der Waals surface area contributed by atoms with Crippen molar-refractivity contribution in [1.82, 2.24) is 5.32 Å². The van der Waals surface area contributed by atoms with Crippen molar-refractivity contribution in [2.45, 2.75) is 6.54 Å². The van der Waals surface area contributed by atoms with E-state index in [4.69, 9.17) is 16.3 Å². The van der Waals surface area contributed by atoms with Crippen molar-refractivity contribution in [2.24, 2.45) is 0 Å². The molecule has 1 N–H and O–H groups in total. The van der Waals surface area contributed by atoms with E-state index in [1.54, 1.807) is 18.2 Å². The van der Waals surface area contributed by atoms with Gasteiger partial charge in [0.15, 0.2) is 6.61 Å². The van der Waals surface area contributed by atoms with Gasteiger partial charge in [-0.3, -0.25) is 4.79 Å². The number of carbonyl (C=O) groups is 2. The van der Waals surface area contributed by atoms with E-state index in [0.717, 1.165) is 10.0 Å². The molecule has 1 amide bonds. The number of benzene rings is 2. The standard InChI is InChI=1S/C16H13BrClNO3/c17-13-6-4-11(5-7-13)9-19-15(20)10-22-16(21)12-2-1-3-14(18)8-12/h1-8H,9-10H2,(H,19,20). The van der Waals surface area contributed by atoms with Crippen LogP contribution < -0.4 is 5.32 Å². The molecule has 0 bridgehead atoms. The van der Waals surface area contributed by atoms with Gasteiger partial charge in [-0.1, -0.05) is 45.7 Å². The molecule has 0 radical (unpaired) electrons. The first kappa shape index (κ1) is 16.5. The highest BCUT2D eigenvalue weighted by atomic mass is 79.9. The molecule has 6 heteroatoms. The molecule has 0 atom stereocenters. The van der Waals surface area contributed by atoms with Crippen LogP contribution in [-0.2, 0) is 16.1 Å². The van der Waals surface area contributed by atoms with Gasteiger partial charge in [-0.25, -0.2) is 4.79 Å². The van der Waals surface area contributed by atoms with Crippen LogP contribution in [0.1, 0.15) is 15.9 Å². The van der Waals surface area contributed by atoms with Crippen LogP contribution in [0, 0.1) is 0 Å². The number of amides is 1. The van der Waals surface area contributed by atoms with Crippen LogP contribution in [0.25, 0.3) is 0 Å². The molecule has 0 fully saturated rings. The number of esters is 1. The summed E-state index contributed by atoms with van der Waals surface area (Å²) in [7, 11) is 0. The van der Waals surface area contributed by atoms with Gasteiger partial charge in [0.05, 0.1) is 5.56 Å². The van der Waals surface area contributed by atoms with Gasteiger partial charge in [0, 0.05) is 16.0 Å². The Hall–Kier alpha value is -1.85. The summed E-state index contributed by atoms with van der Waals surface area (Å²) in [5.41, 5.74) is 1.27. The van der Waals surface area contributed by atoms with E-state index < -0.39 is 5.97 Å². The molecule has 2 rings (SSSR count). The smallest absolute Gasteiger partial charge is 0.338 e. The maximum Gasteiger partial charge on any atom is 0.338 e. The fourth-order valence-electron chi connectivity index (χ4n) is 1.68. The van der Waals surface area contributed by atoms with Crippen LogP contribution in [-0.4, -0.2) is 18.5 Å². The van der Waals surface area contributed by atoms with E-state index in [1.165, 1.54) is 6.07 Å². The molecule has 0 aliphatic heterocycles. The molecular weight excluding hydrogens is 370 g/mol. The minimum absolute atomic E-state index is 0.313. The molecule has 0 spiro atoms. The number of nitrogens with one attached hydrogen (secondary N) is 1. The Labute approximate surface area is 141 Å². The minimum Gasteiger partial charge on any atom is -0.452 e. The minimum atomic E-state index is -0.582. The quantitative estimate of drug-likeness (QED) is 0.804. The first-order valence-corrected chi connectivity index (χ1v) is 7.65. The highest BCUT2D eigenvalue weighted by Crippen LogP contribution is 2.12. The highest BCUT2D eigenvalue weighted by Gasteiger charge is 2.10. The van der Waals surface area contributed by atoms with Crippen LogP contribution in [0.4, 0.5) is 0 Å². The Morgan fingerprint density at radius 2 is 1.86 bits per heavy atom. The number of ether oxygens (including phenoxy) is 1. The van der Waals surface area contributed by atoms with Gasteiger partial charge in [-0.2, -0.15) is 0 Å². The number of rotatable bonds is 5. The van der Waals surface area contributed by atoms with Crippen LogP contribution >= 0.6 is 27.5 Å². The maximum absolute atomic E-state index is 11.7. The number of hydrogen-bond acceptors (Lipinski definition) is 3. The van der Waals surface area contributed by atoms with Crippen molar-refractivity contribution in [3.8, 4) is 0 Å². The van der Waals surface area contributed by atoms with Gasteiger partial charge in [0.2, 0.25) is 0 Å². The summed E-state index contributed by atoms with van der Waals surface area (Å²) in [5.74, 6) is -0.945. The largest absolute Gasteiger partial charge is 0.452 e. The summed E-state index contributed by atoms with van der Waals surface area (Å²) in [6.07, 6.45) is 0. The van der Waals surface area contributed by atoms with Crippen molar-refractivity contribution in [2.75, 3.05) is 6.61 Å². The summed E-state index contributed by atoms with van der Waals surface area (Å²) in [5, 5.41) is 3.12. The van der Waals surface area contributed by atoms with E-state index in [1.807, 2.05) is 24.3 Å². The zero-order chi connectivity index (χ0) is 15.9. The molecule has 2 aromatic carbocycles. The molecule has 0 unspecified atom stereocenters. The second kappa shape index (κ2) is 7.96. The fraction of sp³-hybridized carbons (Fsp3) is 0.125. The summed E-state index contributed by atoms with van der Waals surface area (Å²) >= 11 is 9.13. The summed E-state index contributed by atoms with van der Waals surface area (Å²) < 4.78 is 5.91. The van der Waals surface area contributed by atoms with Gasteiger partial charge in [0.1, 0.15) is 0 Å². The third kappa shape index (κ3) is 5.16. The molecular formula is C16H13BrClNO3. The predicted octanol–water partition coefficient (Wildman–Crippen LogP) is 3.58.